The third kappa shape index (κ3) is 4.59. The fourth-order valence-corrected chi connectivity index (χ4v) is 4.57. The minimum atomic E-state index is -5.35. The molecule has 5 rings (SSSR count). The Kier molecular flexibility index (Phi) is 6.60. The van der Waals surface area contributed by atoms with Gasteiger partial charge in [0.05, 0.1) is 25.5 Å². The van der Waals surface area contributed by atoms with Crippen molar-refractivity contribution < 1.29 is 41.7 Å². The zero-order valence-corrected chi connectivity index (χ0v) is 21.6. The predicted molar refractivity (Wildman–Crippen MR) is 137 cm³/mol. The number of fused-ring (bicyclic) bond motifs is 2. The third-order valence-electron chi connectivity index (χ3n) is 7.13. The van der Waals surface area contributed by atoms with Gasteiger partial charge >= 0.3 is 6.18 Å². The maximum atomic E-state index is 14.6. The number of methoxy groups -OCH3 is 1. The number of halogens is 4. The van der Waals surface area contributed by atoms with Crippen molar-refractivity contribution in [3.63, 3.8) is 0 Å². The molecule has 1 aliphatic rings. The Morgan fingerprint density at radius 3 is 2.56 bits per heavy atom. The van der Waals surface area contributed by atoms with Crippen molar-refractivity contribution >= 4 is 22.7 Å². The van der Waals surface area contributed by atoms with Gasteiger partial charge in [-0.25, -0.2) is 9.37 Å². The largest absolute Gasteiger partial charge is 0.494 e. The number of rotatable bonds is 7. The number of benzene rings is 2. The summed E-state index contributed by atoms with van der Waals surface area (Å²) in [6.07, 6.45) is -3.94. The highest BCUT2D eigenvalue weighted by Gasteiger charge is 2.57. The zero-order chi connectivity index (χ0) is 29.7. The molecule has 0 fully saturated rings. The molecule has 10 nitrogen and oxygen atoms in total. The normalized spacial score (nSPS) is 17.9. The molecule has 2 amide bonds. The molecule has 214 valence electrons. The van der Waals surface area contributed by atoms with E-state index in [0.717, 1.165) is 18.2 Å². The number of pyridine rings is 1. The summed E-state index contributed by atoms with van der Waals surface area (Å²) in [6, 6.07) is 8.24. The van der Waals surface area contributed by atoms with Crippen LogP contribution in [0.4, 0.5) is 17.6 Å². The first-order valence-electron chi connectivity index (χ1n) is 12.1. The summed E-state index contributed by atoms with van der Waals surface area (Å²) >= 11 is 0. The Morgan fingerprint density at radius 1 is 1.22 bits per heavy atom. The van der Waals surface area contributed by atoms with Crippen LogP contribution in [0.15, 0.2) is 48.7 Å². The van der Waals surface area contributed by atoms with Crippen molar-refractivity contribution in [3.05, 3.63) is 71.3 Å². The molecular weight excluding hydrogens is 550 g/mol. The van der Waals surface area contributed by atoms with E-state index in [-0.39, 0.29) is 40.5 Å². The topological polar surface area (TPSA) is 152 Å². The Morgan fingerprint density at radius 2 is 1.93 bits per heavy atom. The summed E-state index contributed by atoms with van der Waals surface area (Å²) in [5, 5.41) is 20.3. The highest BCUT2D eigenvalue weighted by molar-refractivity contribution is 5.99. The number of aromatic amines is 1. The monoisotopic (exact) mass is 573 g/mol. The van der Waals surface area contributed by atoms with Crippen LogP contribution in [0, 0.1) is 5.82 Å². The number of aliphatic hydroxyl groups is 1. The Labute approximate surface area is 229 Å². The van der Waals surface area contributed by atoms with Gasteiger partial charge < -0.3 is 25.6 Å². The van der Waals surface area contributed by atoms with Gasteiger partial charge in [0.15, 0.2) is 0 Å². The van der Waals surface area contributed by atoms with E-state index in [2.05, 4.69) is 20.5 Å². The number of H-pyrrole nitrogens is 1. The number of carbonyl (C=O) groups is 2. The minimum Gasteiger partial charge on any atom is -0.494 e. The van der Waals surface area contributed by atoms with Gasteiger partial charge in [-0.05, 0) is 49.4 Å². The van der Waals surface area contributed by atoms with Crippen LogP contribution >= 0.6 is 0 Å². The molecule has 0 saturated carbocycles. The summed E-state index contributed by atoms with van der Waals surface area (Å²) in [7, 11) is 1.35. The van der Waals surface area contributed by atoms with Crippen LogP contribution in [-0.4, -0.2) is 58.5 Å². The van der Waals surface area contributed by atoms with Crippen LogP contribution in [0.25, 0.3) is 22.2 Å². The van der Waals surface area contributed by atoms with Crippen molar-refractivity contribution in [1.29, 1.82) is 0 Å². The first-order chi connectivity index (χ1) is 19.3. The molecule has 2 aromatic heterocycles. The molecule has 0 saturated heterocycles. The number of hydrogen-bond donors (Lipinski definition) is 4. The van der Waals surface area contributed by atoms with Crippen LogP contribution in [0.2, 0.25) is 0 Å². The molecule has 0 aliphatic carbocycles. The number of primary amides is 1. The quantitative estimate of drug-likeness (QED) is 0.248. The summed E-state index contributed by atoms with van der Waals surface area (Å²) in [5.41, 5.74) is -0.274. The van der Waals surface area contributed by atoms with E-state index in [1.54, 1.807) is 0 Å². The lowest BCUT2D eigenvalue weighted by molar-refractivity contribution is -0.265. The van der Waals surface area contributed by atoms with Gasteiger partial charge in [-0.2, -0.15) is 18.3 Å². The van der Waals surface area contributed by atoms with Crippen LogP contribution in [0.1, 0.15) is 28.5 Å². The number of nitrogens with one attached hydrogen (secondary N) is 2. The standard InChI is InChI=1S/C27H23F4N5O5/c1-25(24(32)38)12-41-22-17(25)9-19(35-21(22)13-3-5-16(28)6-4-13)26(39,27(29,30)31)11-33-23(37)14-7-15-10-34-36-20(15)18(8-14)40-2/h3-10,39H,11-12H2,1-2H3,(H2,32,38)(H,33,37)(H,34,36)/t25-,26?/m0/s1. The molecule has 1 unspecified atom stereocenters. The highest BCUT2D eigenvalue weighted by atomic mass is 19.4. The first-order valence-corrected chi connectivity index (χ1v) is 12.1. The smallest absolute Gasteiger partial charge is 0.424 e. The molecule has 0 radical (unpaired) electrons. The maximum Gasteiger partial charge on any atom is 0.424 e. The van der Waals surface area contributed by atoms with Crippen molar-refractivity contribution in [1.82, 2.24) is 20.5 Å². The molecule has 41 heavy (non-hydrogen) atoms. The second-order valence-corrected chi connectivity index (χ2v) is 9.78. The highest BCUT2D eigenvalue weighted by Crippen LogP contribution is 2.47. The maximum absolute atomic E-state index is 14.6. The molecule has 2 aromatic carbocycles. The Balaban J connectivity index is 1.59. The molecule has 0 bridgehead atoms. The number of amides is 2. The SMILES string of the molecule is COc1cc(C(=O)NCC(O)(c2cc3c(c(-c4ccc(F)cc4)n2)OC[C@]3(C)C(N)=O)C(F)(F)F)cc2cn[nH]c12. The molecule has 2 atom stereocenters. The van der Waals surface area contributed by atoms with Crippen LogP contribution in [0.3, 0.4) is 0 Å². The van der Waals surface area contributed by atoms with E-state index in [0.29, 0.717) is 10.9 Å². The number of nitrogens with zero attached hydrogens (tertiary/aromatic N) is 2. The number of ether oxygens (including phenoxy) is 2. The van der Waals surface area contributed by atoms with E-state index in [4.69, 9.17) is 15.2 Å². The lowest BCUT2D eigenvalue weighted by Gasteiger charge is -2.31. The zero-order valence-electron chi connectivity index (χ0n) is 21.6. The third-order valence-corrected chi connectivity index (χ3v) is 7.13. The van der Waals surface area contributed by atoms with Gasteiger partial charge in [0.2, 0.25) is 11.5 Å². The fraction of sp³-hybridized carbons (Fsp3) is 0.259. The summed E-state index contributed by atoms with van der Waals surface area (Å²) < 4.78 is 68.2. The van der Waals surface area contributed by atoms with E-state index in [9.17, 15) is 32.3 Å². The summed E-state index contributed by atoms with van der Waals surface area (Å²) in [6.45, 7) is -0.256. The molecule has 3 heterocycles. The molecule has 1 aliphatic heterocycles. The van der Waals surface area contributed by atoms with Crippen LogP contribution in [0.5, 0.6) is 11.5 Å². The van der Waals surface area contributed by atoms with E-state index in [1.807, 2.05) is 0 Å². The number of aromatic nitrogens is 3. The Hall–Kier alpha value is -4.72. The van der Waals surface area contributed by atoms with Crippen molar-refractivity contribution in [2.45, 2.75) is 24.1 Å². The second kappa shape index (κ2) is 9.73. The summed E-state index contributed by atoms with van der Waals surface area (Å²) in [4.78, 5) is 29.4. The van der Waals surface area contributed by atoms with Gasteiger partial charge in [0.1, 0.15) is 40.5 Å². The number of carbonyl (C=O) groups excluding carboxylic acids is 2. The van der Waals surface area contributed by atoms with Crippen LogP contribution in [-0.2, 0) is 15.8 Å². The van der Waals surface area contributed by atoms with Crippen LogP contribution < -0.4 is 20.5 Å². The number of hydrogen-bond acceptors (Lipinski definition) is 7. The molecule has 4 aromatic rings. The molecule has 0 spiro atoms. The van der Waals surface area contributed by atoms with E-state index in [1.165, 1.54) is 44.5 Å². The van der Waals surface area contributed by atoms with Crippen molar-refractivity contribution in [2.24, 2.45) is 5.73 Å². The second-order valence-electron chi connectivity index (χ2n) is 9.78. The minimum absolute atomic E-state index is 0.0317. The van der Waals surface area contributed by atoms with Gasteiger partial charge in [0, 0.05) is 22.1 Å². The lowest BCUT2D eigenvalue weighted by atomic mass is 9.81. The van der Waals surface area contributed by atoms with Gasteiger partial charge in [-0.15, -0.1) is 0 Å². The van der Waals surface area contributed by atoms with E-state index >= 15 is 0 Å². The fourth-order valence-electron chi connectivity index (χ4n) is 4.57. The first kappa shape index (κ1) is 27.8. The average molecular weight is 574 g/mol. The average Bonchev–Trinajstić information content (AvgIpc) is 3.55. The summed E-state index contributed by atoms with van der Waals surface area (Å²) in [5.74, 6) is -2.24. The molecule has 5 N–H and O–H groups in total. The van der Waals surface area contributed by atoms with Gasteiger partial charge in [-0.3, -0.25) is 14.7 Å². The van der Waals surface area contributed by atoms with Gasteiger partial charge in [0.25, 0.3) is 5.91 Å². The van der Waals surface area contributed by atoms with Crippen molar-refractivity contribution in [2.75, 3.05) is 20.3 Å². The number of alkyl halides is 3. The van der Waals surface area contributed by atoms with E-state index < -0.39 is 47.1 Å². The molecular formula is C27H23F4N5O5. The Bertz CT molecular complexity index is 1670. The van der Waals surface area contributed by atoms with Crippen molar-refractivity contribution in [3.8, 4) is 22.8 Å². The van der Waals surface area contributed by atoms with Gasteiger partial charge in [-0.1, -0.05) is 0 Å². The molecule has 14 heteroatoms. The lowest BCUT2D eigenvalue weighted by Crippen LogP contribution is -2.51. The number of nitrogens with two attached hydrogens (primary N) is 1. The predicted octanol–water partition coefficient (Wildman–Crippen LogP) is 3.09.